The normalized spacial score (nSPS) is 15.5. The molecule has 0 spiro atoms. The number of hydrogen-bond donors (Lipinski definition) is 4. The van der Waals surface area contributed by atoms with Gasteiger partial charge in [0.05, 0.1) is 25.3 Å². The Labute approximate surface area is 212 Å². The van der Waals surface area contributed by atoms with Gasteiger partial charge in [-0.05, 0) is 25.0 Å². The van der Waals surface area contributed by atoms with Crippen LogP contribution < -0.4 is 28.0 Å². The second-order valence-electron chi connectivity index (χ2n) is 7.91. The summed E-state index contributed by atoms with van der Waals surface area (Å²) in [6, 6.07) is 3.38. The molecule has 0 atom stereocenters. The summed E-state index contributed by atoms with van der Waals surface area (Å²) >= 11 is 5.82. The highest BCUT2D eigenvalue weighted by molar-refractivity contribution is 6.31. The van der Waals surface area contributed by atoms with Crippen molar-refractivity contribution < 1.29 is 14.3 Å². The number of likely N-dealkylation sites (tertiary alicyclic amines) is 1. The van der Waals surface area contributed by atoms with Crippen LogP contribution in [0.2, 0.25) is 5.15 Å². The molecule has 192 valence electrons. The summed E-state index contributed by atoms with van der Waals surface area (Å²) in [7, 11) is 1.33. The summed E-state index contributed by atoms with van der Waals surface area (Å²) in [6.07, 6.45) is 4.76. The lowest BCUT2D eigenvalue weighted by Gasteiger charge is -2.29. The van der Waals surface area contributed by atoms with Gasteiger partial charge in [0.2, 0.25) is 0 Å². The van der Waals surface area contributed by atoms with Crippen molar-refractivity contribution in [1.82, 2.24) is 24.8 Å². The van der Waals surface area contributed by atoms with Gasteiger partial charge >= 0.3 is 5.97 Å². The first-order valence-corrected chi connectivity index (χ1v) is 11.5. The number of piperidine rings is 1. The van der Waals surface area contributed by atoms with Crippen molar-refractivity contribution in [1.29, 1.82) is 0 Å². The van der Waals surface area contributed by atoms with Crippen LogP contribution in [-0.4, -0.2) is 76.6 Å². The van der Waals surface area contributed by atoms with E-state index in [0.717, 1.165) is 32.5 Å². The van der Waals surface area contributed by atoms with Gasteiger partial charge in [-0.2, -0.15) is 0 Å². The maximum Gasteiger partial charge on any atom is 0.339 e. The Bertz CT molecular complexity index is 1240. The van der Waals surface area contributed by atoms with Crippen molar-refractivity contribution in [3.63, 3.8) is 0 Å². The van der Waals surface area contributed by atoms with Crippen LogP contribution in [0.3, 0.4) is 0 Å². The number of amides is 1. The molecular weight excluding hydrogens is 488 g/mol. The molecule has 1 aliphatic heterocycles. The summed E-state index contributed by atoms with van der Waals surface area (Å²) in [5.74, 6) is -1.34. The van der Waals surface area contributed by atoms with E-state index in [0.29, 0.717) is 17.6 Å². The molecule has 13 nitrogen and oxygen atoms in total. The molecule has 0 aliphatic carbocycles. The van der Waals surface area contributed by atoms with Gasteiger partial charge in [-0.25, -0.2) is 19.8 Å². The number of carbonyl (C=O) groups is 2. The number of nitrogen functional groups attached to an aromatic ring is 2. The molecule has 0 bridgehead atoms. The van der Waals surface area contributed by atoms with E-state index < -0.39 is 11.9 Å². The Morgan fingerprint density at radius 2 is 2.00 bits per heavy atom. The first kappa shape index (κ1) is 26.6. The van der Waals surface area contributed by atoms with Gasteiger partial charge in [0, 0.05) is 32.0 Å². The molecule has 1 saturated heterocycles. The molecule has 1 fully saturated rings. The maximum absolute atomic E-state index is 12.4. The number of nitrogens with zero attached hydrogens (tertiary/aromatic N) is 6. The second kappa shape index (κ2) is 12.1. The third kappa shape index (κ3) is 6.79. The zero-order valence-corrected chi connectivity index (χ0v) is 20.6. The van der Waals surface area contributed by atoms with Crippen LogP contribution in [0.1, 0.15) is 33.7 Å². The van der Waals surface area contributed by atoms with Crippen LogP contribution in [-0.2, 0) is 4.74 Å². The Balaban J connectivity index is 1.50. The lowest BCUT2D eigenvalue weighted by molar-refractivity contribution is 0.0599. The summed E-state index contributed by atoms with van der Waals surface area (Å²) < 4.78 is 6.42. The number of anilines is 2. The van der Waals surface area contributed by atoms with Crippen molar-refractivity contribution in [3.8, 4) is 0 Å². The predicted molar refractivity (Wildman–Crippen MR) is 137 cm³/mol. The van der Waals surface area contributed by atoms with Crippen LogP contribution >= 0.6 is 11.6 Å². The number of aliphatic imine (C=N–C) groups is 1. The number of pyridine rings is 1. The van der Waals surface area contributed by atoms with Gasteiger partial charge in [0.1, 0.15) is 5.49 Å². The summed E-state index contributed by atoms with van der Waals surface area (Å²) in [6.45, 7) is 6.70. The van der Waals surface area contributed by atoms with E-state index in [-0.39, 0.29) is 34.5 Å². The zero-order valence-electron chi connectivity index (χ0n) is 19.9. The first-order chi connectivity index (χ1) is 17.2. The van der Waals surface area contributed by atoms with E-state index in [4.69, 9.17) is 33.5 Å². The van der Waals surface area contributed by atoms with Gasteiger partial charge in [-0.3, -0.25) is 15.1 Å². The fraction of sp³-hybridized carbons (Fsp3) is 0.364. The summed E-state index contributed by atoms with van der Waals surface area (Å²) in [5, 5.41) is 2.34. The van der Waals surface area contributed by atoms with Crippen LogP contribution in [0.5, 0.6) is 0 Å². The van der Waals surface area contributed by atoms with E-state index in [1.807, 2.05) is 0 Å². The molecule has 0 saturated carbocycles. The highest BCUT2D eigenvalue weighted by atomic mass is 35.5. The highest BCUT2D eigenvalue weighted by Crippen LogP contribution is 2.17. The fourth-order valence-corrected chi connectivity index (χ4v) is 3.75. The molecule has 3 heterocycles. The monoisotopic (exact) mass is 516 g/mol. The number of halogens is 1. The topological polar surface area (TPSA) is 192 Å². The number of methoxy groups -OCH3 is 1. The quantitative estimate of drug-likeness (QED) is 0.224. The third-order valence-electron chi connectivity index (χ3n) is 5.50. The number of rotatable bonds is 7. The third-order valence-corrected chi connectivity index (χ3v) is 5.78. The van der Waals surface area contributed by atoms with Crippen molar-refractivity contribution in [3.05, 3.63) is 46.8 Å². The van der Waals surface area contributed by atoms with Crippen molar-refractivity contribution in [2.45, 2.75) is 18.9 Å². The van der Waals surface area contributed by atoms with E-state index in [2.05, 4.69) is 36.7 Å². The molecule has 1 aliphatic rings. The SMILES string of the molecule is C=Cn1cc(C(=O)OC)ccc1=NCCN1CCC(N=C(N)NC(=O)c2nc(Cl)c(N)nc2N)CC1. The summed E-state index contributed by atoms with van der Waals surface area (Å²) in [5.41, 5.74) is 18.1. The number of nitrogens with one attached hydrogen (secondary N) is 1. The van der Waals surface area contributed by atoms with Crippen molar-refractivity contribution in [2.24, 2.45) is 15.7 Å². The Kier molecular flexibility index (Phi) is 8.97. The van der Waals surface area contributed by atoms with Crippen molar-refractivity contribution in [2.75, 3.05) is 44.8 Å². The number of nitrogens with two attached hydrogens (primary N) is 3. The minimum atomic E-state index is -0.668. The van der Waals surface area contributed by atoms with Crippen molar-refractivity contribution >= 4 is 47.3 Å². The molecule has 7 N–H and O–H groups in total. The number of hydrogen-bond acceptors (Lipinski definition) is 10. The van der Waals surface area contributed by atoms with Gasteiger partial charge in [-0.15, -0.1) is 0 Å². The molecule has 2 aromatic rings. The van der Waals surface area contributed by atoms with Gasteiger partial charge < -0.3 is 31.4 Å². The average Bonchev–Trinajstić information content (AvgIpc) is 2.86. The highest BCUT2D eigenvalue weighted by Gasteiger charge is 2.20. The standard InChI is InChI=1S/C22H29ClN10O3/c1-3-33-12-13(21(35)36-2)4-5-15(33)27-8-11-32-9-6-14(7-10-32)28-22(26)31-20(34)16-18(24)30-19(25)17(23)29-16/h3-5,12,14H,1,6-11H2,2H3,(H4,24,25,30)(H3,26,28,31,34). The Morgan fingerprint density at radius 3 is 2.67 bits per heavy atom. The molecule has 14 heteroatoms. The lowest BCUT2D eigenvalue weighted by Crippen LogP contribution is -2.41. The molecule has 36 heavy (non-hydrogen) atoms. The van der Waals surface area contributed by atoms with Crippen LogP contribution in [0.25, 0.3) is 6.20 Å². The van der Waals surface area contributed by atoms with Gasteiger partial charge in [0.15, 0.2) is 28.4 Å². The minimum Gasteiger partial charge on any atom is -0.465 e. The average molecular weight is 517 g/mol. The number of ether oxygens (including phenoxy) is 1. The molecule has 0 radical (unpaired) electrons. The van der Waals surface area contributed by atoms with Crippen LogP contribution in [0.4, 0.5) is 11.6 Å². The lowest BCUT2D eigenvalue weighted by atomic mass is 10.1. The second-order valence-corrected chi connectivity index (χ2v) is 8.27. The molecule has 1 amide bonds. The number of aromatic nitrogens is 3. The number of esters is 1. The van der Waals surface area contributed by atoms with E-state index in [1.165, 1.54) is 7.11 Å². The summed E-state index contributed by atoms with van der Waals surface area (Å²) in [4.78, 5) is 43.0. The number of guanidine groups is 1. The number of carbonyl (C=O) groups excluding carboxylic acids is 2. The van der Waals surface area contributed by atoms with Gasteiger partial charge in [-0.1, -0.05) is 18.2 Å². The maximum atomic E-state index is 12.4. The van der Waals surface area contributed by atoms with E-state index >= 15 is 0 Å². The Hall–Kier alpha value is -3.97. The first-order valence-electron chi connectivity index (χ1n) is 11.1. The molecule has 2 aromatic heterocycles. The predicted octanol–water partition coefficient (Wildman–Crippen LogP) is 0.0928. The smallest absolute Gasteiger partial charge is 0.339 e. The van der Waals surface area contributed by atoms with E-state index in [1.54, 1.807) is 29.1 Å². The van der Waals surface area contributed by atoms with Crippen LogP contribution in [0.15, 0.2) is 34.9 Å². The molecule has 0 aromatic carbocycles. The van der Waals surface area contributed by atoms with Crippen LogP contribution in [0, 0.1) is 0 Å². The Morgan fingerprint density at radius 1 is 1.28 bits per heavy atom. The minimum absolute atomic E-state index is 0.0352. The van der Waals surface area contributed by atoms with Gasteiger partial charge in [0.25, 0.3) is 5.91 Å². The largest absolute Gasteiger partial charge is 0.465 e. The molecule has 3 rings (SSSR count). The van der Waals surface area contributed by atoms with E-state index in [9.17, 15) is 9.59 Å². The fourth-order valence-electron chi connectivity index (χ4n) is 3.62. The zero-order chi connectivity index (χ0) is 26.2. The molecule has 0 unspecified atom stereocenters. The molecular formula is C22H29ClN10O3.